The summed E-state index contributed by atoms with van der Waals surface area (Å²) in [5.41, 5.74) is 0.541. The van der Waals surface area contributed by atoms with Crippen LogP contribution in [0.1, 0.15) is 13.8 Å². The molecule has 0 radical (unpaired) electrons. The predicted octanol–water partition coefficient (Wildman–Crippen LogP) is 1.09. The van der Waals surface area contributed by atoms with Gasteiger partial charge < -0.3 is 15.5 Å². The van der Waals surface area contributed by atoms with Crippen LogP contribution in [0, 0.1) is 0 Å². The first-order valence-corrected chi connectivity index (χ1v) is 9.23. The van der Waals surface area contributed by atoms with Crippen LogP contribution in [0.15, 0.2) is 29.2 Å². The first kappa shape index (κ1) is 20.3. The molecule has 134 valence electrons. The van der Waals surface area contributed by atoms with Crippen molar-refractivity contribution in [2.75, 3.05) is 33.0 Å². The molecule has 0 unspecified atom stereocenters. The molecule has 24 heavy (non-hydrogen) atoms. The fourth-order valence-electron chi connectivity index (χ4n) is 1.82. The van der Waals surface area contributed by atoms with Crippen molar-refractivity contribution in [3.05, 3.63) is 24.3 Å². The minimum absolute atomic E-state index is 0.0559. The van der Waals surface area contributed by atoms with Gasteiger partial charge in [-0.3, -0.25) is 4.79 Å². The number of carbonyl (C=O) groups excluding carboxylic acids is 1. The van der Waals surface area contributed by atoms with Gasteiger partial charge in [-0.25, -0.2) is 12.7 Å². The van der Waals surface area contributed by atoms with Crippen molar-refractivity contribution < 1.29 is 13.2 Å². The van der Waals surface area contributed by atoms with Gasteiger partial charge in [0.05, 0.1) is 11.4 Å². The number of likely N-dealkylation sites (N-methyl/N-ethyl adjacent to an activating group) is 1. The van der Waals surface area contributed by atoms with Gasteiger partial charge in [-0.15, -0.1) is 0 Å². The average Bonchev–Trinajstić information content (AvgIpc) is 2.46. The normalized spacial score (nSPS) is 11.5. The third kappa shape index (κ3) is 5.73. The molecule has 0 aromatic heterocycles. The smallest absolute Gasteiger partial charge is 0.242 e. The standard InChI is InChI=1S/C15H24N4O3S2/c1-11(2)16-14(20)10-19(5)15(23)17-12-7-6-8-13(9-12)24(21,22)18(3)4/h6-9,11H,10H2,1-5H3,(H,16,20)(H,17,23). The third-order valence-electron chi connectivity index (χ3n) is 3.04. The second-order valence-electron chi connectivity index (χ2n) is 5.82. The fourth-order valence-corrected chi connectivity index (χ4v) is 2.95. The minimum atomic E-state index is -3.52. The SMILES string of the molecule is CC(C)NC(=O)CN(C)C(=S)Nc1cccc(S(=O)(=O)N(C)C)c1. The second kappa shape index (κ2) is 8.41. The molecule has 7 nitrogen and oxygen atoms in total. The summed E-state index contributed by atoms with van der Waals surface area (Å²) in [7, 11) is 1.12. The number of sulfonamides is 1. The summed E-state index contributed by atoms with van der Waals surface area (Å²) < 4.78 is 25.5. The zero-order chi connectivity index (χ0) is 18.5. The summed E-state index contributed by atoms with van der Waals surface area (Å²) >= 11 is 5.25. The Hall–Kier alpha value is -1.71. The number of rotatable bonds is 6. The molecule has 1 rings (SSSR count). The predicted molar refractivity (Wildman–Crippen MR) is 99.4 cm³/mol. The van der Waals surface area contributed by atoms with Gasteiger partial charge in [-0.05, 0) is 44.3 Å². The Morgan fingerprint density at radius 2 is 1.88 bits per heavy atom. The van der Waals surface area contributed by atoms with Crippen molar-refractivity contribution in [3.8, 4) is 0 Å². The van der Waals surface area contributed by atoms with Crippen molar-refractivity contribution in [1.29, 1.82) is 0 Å². The highest BCUT2D eigenvalue weighted by molar-refractivity contribution is 7.89. The van der Waals surface area contributed by atoms with Crippen LogP contribution in [-0.4, -0.2) is 62.4 Å². The largest absolute Gasteiger partial charge is 0.352 e. The average molecular weight is 373 g/mol. The van der Waals surface area contributed by atoms with Crippen LogP contribution in [0.3, 0.4) is 0 Å². The summed E-state index contributed by atoms with van der Waals surface area (Å²) in [6.45, 7) is 3.87. The summed E-state index contributed by atoms with van der Waals surface area (Å²) in [5, 5.41) is 6.05. The molecule has 1 aromatic rings. The maximum Gasteiger partial charge on any atom is 0.242 e. The number of carbonyl (C=O) groups is 1. The van der Waals surface area contributed by atoms with E-state index in [1.807, 2.05) is 13.8 Å². The number of hydrogen-bond donors (Lipinski definition) is 2. The van der Waals surface area contributed by atoms with Crippen molar-refractivity contribution >= 4 is 38.9 Å². The van der Waals surface area contributed by atoms with Gasteiger partial charge in [0.2, 0.25) is 15.9 Å². The Morgan fingerprint density at radius 3 is 2.42 bits per heavy atom. The van der Waals surface area contributed by atoms with Crippen molar-refractivity contribution in [1.82, 2.24) is 14.5 Å². The van der Waals surface area contributed by atoms with E-state index in [2.05, 4.69) is 10.6 Å². The Morgan fingerprint density at radius 1 is 1.25 bits per heavy atom. The molecule has 1 amide bonds. The van der Waals surface area contributed by atoms with Crippen LogP contribution in [0.4, 0.5) is 5.69 Å². The van der Waals surface area contributed by atoms with Crippen LogP contribution in [-0.2, 0) is 14.8 Å². The van der Waals surface area contributed by atoms with E-state index in [0.29, 0.717) is 10.8 Å². The maximum absolute atomic E-state index is 12.2. The number of amides is 1. The Bertz CT molecular complexity index is 702. The zero-order valence-corrected chi connectivity index (χ0v) is 16.2. The number of benzene rings is 1. The van der Waals surface area contributed by atoms with Crippen LogP contribution in [0.2, 0.25) is 0 Å². The number of thiocarbonyl (C=S) groups is 1. The van der Waals surface area contributed by atoms with E-state index in [4.69, 9.17) is 12.2 Å². The molecular formula is C15H24N4O3S2. The van der Waals surface area contributed by atoms with Gasteiger partial charge in [0, 0.05) is 32.9 Å². The van der Waals surface area contributed by atoms with E-state index in [9.17, 15) is 13.2 Å². The highest BCUT2D eigenvalue weighted by atomic mass is 32.2. The molecule has 0 saturated carbocycles. The van der Waals surface area contributed by atoms with E-state index in [1.165, 1.54) is 26.2 Å². The Kier molecular flexibility index (Phi) is 7.12. The van der Waals surface area contributed by atoms with Gasteiger partial charge in [0.15, 0.2) is 5.11 Å². The zero-order valence-electron chi connectivity index (χ0n) is 14.5. The van der Waals surface area contributed by atoms with E-state index in [1.54, 1.807) is 24.1 Å². The lowest BCUT2D eigenvalue weighted by Crippen LogP contribution is -2.42. The first-order chi connectivity index (χ1) is 11.0. The highest BCUT2D eigenvalue weighted by Gasteiger charge is 2.18. The molecule has 0 fully saturated rings. The molecule has 0 spiro atoms. The Balaban J connectivity index is 2.79. The van der Waals surface area contributed by atoms with Crippen LogP contribution >= 0.6 is 12.2 Å². The minimum Gasteiger partial charge on any atom is -0.352 e. The molecule has 0 saturated heterocycles. The topological polar surface area (TPSA) is 81.8 Å². The van der Waals surface area contributed by atoms with Gasteiger partial charge in [0.1, 0.15) is 0 Å². The quantitative estimate of drug-likeness (QED) is 0.728. The van der Waals surface area contributed by atoms with E-state index in [-0.39, 0.29) is 23.4 Å². The first-order valence-electron chi connectivity index (χ1n) is 7.38. The molecule has 0 aliphatic heterocycles. The summed E-state index contributed by atoms with van der Waals surface area (Å²) in [6, 6.07) is 6.42. The lowest BCUT2D eigenvalue weighted by molar-refractivity contribution is -0.121. The Labute approximate surface area is 149 Å². The molecule has 1 aromatic carbocycles. The number of nitrogens with zero attached hydrogens (tertiary/aromatic N) is 2. The third-order valence-corrected chi connectivity index (χ3v) is 5.27. The van der Waals surface area contributed by atoms with Crippen molar-refractivity contribution in [2.24, 2.45) is 0 Å². The molecule has 0 aliphatic rings. The van der Waals surface area contributed by atoms with Gasteiger partial charge in [0.25, 0.3) is 0 Å². The van der Waals surface area contributed by atoms with Crippen LogP contribution in [0.5, 0.6) is 0 Å². The number of anilines is 1. The molecule has 0 heterocycles. The lowest BCUT2D eigenvalue weighted by atomic mass is 10.3. The fraction of sp³-hybridized carbons (Fsp3) is 0.467. The summed E-state index contributed by atoms with van der Waals surface area (Å²) in [6.07, 6.45) is 0. The van der Waals surface area contributed by atoms with Gasteiger partial charge in [-0.1, -0.05) is 6.07 Å². The maximum atomic E-state index is 12.2. The van der Waals surface area contributed by atoms with Crippen molar-refractivity contribution in [3.63, 3.8) is 0 Å². The molecule has 9 heteroatoms. The van der Waals surface area contributed by atoms with E-state index < -0.39 is 10.0 Å². The molecule has 0 bridgehead atoms. The molecule has 0 aliphatic carbocycles. The van der Waals surface area contributed by atoms with Crippen LogP contribution in [0.25, 0.3) is 0 Å². The second-order valence-corrected chi connectivity index (χ2v) is 8.36. The molecule has 0 atom stereocenters. The lowest BCUT2D eigenvalue weighted by Gasteiger charge is -2.21. The van der Waals surface area contributed by atoms with Crippen molar-refractivity contribution in [2.45, 2.75) is 24.8 Å². The molecule has 2 N–H and O–H groups in total. The van der Waals surface area contributed by atoms with E-state index in [0.717, 1.165) is 4.31 Å². The van der Waals surface area contributed by atoms with Gasteiger partial charge in [-0.2, -0.15) is 0 Å². The van der Waals surface area contributed by atoms with Gasteiger partial charge >= 0.3 is 0 Å². The van der Waals surface area contributed by atoms with Crippen LogP contribution < -0.4 is 10.6 Å². The number of hydrogen-bond acceptors (Lipinski definition) is 4. The monoisotopic (exact) mass is 372 g/mol. The summed E-state index contributed by atoms with van der Waals surface area (Å²) in [5.74, 6) is -0.138. The highest BCUT2D eigenvalue weighted by Crippen LogP contribution is 2.18. The molecular weight excluding hydrogens is 348 g/mol. The summed E-state index contributed by atoms with van der Waals surface area (Å²) in [4.78, 5) is 13.5. The number of nitrogens with one attached hydrogen (secondary N) is 2. The van der Waals surface area contributed by atoms with E-state index >= 15 is 0 Å².